The van der Waals surface area contributed by atoms with E-state index in [2.05, 4.69) is 18.7 Å². The van der Waals surface area contributed by atoms with Crippen molar-refractivity contribution < 1.29 is 13.2 Å². The van der Waals surface area contributed by atoms with Crippen LogP contribution in [0.15, 0.2) is 59.5 Å². The Morgan fingerprint density at radius 3 is 2.48 bits per heavy atom. The highest BCUT2D eigenvalue weighted by Gasteiger charge is 2.27. The second kappa shape index (κ2) is 11.7. The summed E-state index contributed by atoms with van der Waals surface area (Å²) in [5.41, 5.74) is 0.997. The summed E-state index contributed by atoms with van der Waals surface area (Å²) in [4.78, 5) is 2.74. The van der Waals surface area contributed by atoms with Crippen LogP contribution in [-0.2, 0) is 16.6 Å². The van der Waals surface area contributed by atoms with Gasteiger partial charge < -0.3 is 4.74 Å². The van der Waals surface area contributed by atoms with Crippen molar-refractivity contribution >= 4 is 10.0 Å². The van der Waals surface area contributed by atoms with E-state index in [4.69, 9.17) is 4.74 Å². The molecule has 0 saturated carbocycles. The van der Waals surface area contributed by atoms with Crippen LogP contribution in [0.4, 0.5) is 0 Å². The van der Waals surface area contributed by atoms with Gasteiger partial charge in [0.05, 0.1) is 11.5 Å². The first-order valence-corrected chi connectivity index (χ1v) is 13.0. The minimum absolute atomic E-state index is 0.318. The predicted octanol–water partition coefficient (Wildman–Crippen LogP) is 4.93. The van der Waals surface area contributed by atoms with Crippen LogP contribution in [0.3, 0.4) is 0 Å². The zero-order valence-corrected chi connectivity index (χ0v) is 19.7. The fraction of sp³-hybridized carbons (Fsp3) is 0.520. The van der Waals surface area contributed by atoms with Crippen molar-refractivity contribution in [2.45, 2.75) is 63.4 Å². The van der Waals surface area contributed by atoms with E-state index in [0.717, 1.165) is 31.5 Å². The molecule has 1 heterocycles. The number of hydrogen-bond acceptors (Lipinski definition) is 4. The normalized spacial score (nSPS) is 17.7. The highest BCUT2D eigenvalue weighted by molar-refractivity contribution is 7.89. The van der Waals surface area contributed by atoms with Gasteiger partial charge in [-0.05, 0) is 62.6 Å². The number of hydrogen-bond donors (Lipinski definition) is 0. The average molecular weight is 445 g/mol. The van der Waals surface area contributed by atoms with Gasteiger partial charge in [-0.2, -0.15) is 4.31 Å². The van der Waals surface area contributed by atoms with E-state index in [1.165, 1.54) is 19.3 Å². The third-order valence-electron chi connectivity index (χ3n) is 6.01. The maximum absolute atomic E-state index is 13.5. The molecule has 1 aliphatic heterocycles. The number of piperidine rings is 1. The molecule has 1 saturated heterocycles. The lowest BCUT2D eigenvalue weighted by Gasteiger charge is -2.35. The lowest BCUT2D eigenvalue weighted by molar-refractivity contribution is 0.151. The van der Waals surface area contributed by atoms with Gasteiger partial charge in [0.1, 0.15) is 5.75 Å². The van der Waals surface area contributed by atoms with Crippen LogP contribution in [0.25, 0.3) is 0 Å². The van der Waals surface area contributed by atoms with Crippen LogP contribution < -0.4 is 4.74 Å². The molecule has 0 spiro atoms. The van der Waals surface area contributed by atoms with Crippen LogP contribution in [-0.4, -0.2) is 49.9 Å². The average Bonchev–Trinajstić information content (AvgIpc) is 2.79. The van der Waals surface area contributed by atoms with Crippen molar-refractivity contribution in [3.8, 4) is 5.75 Å². The quantitative estimate of drug-likeness (QED) is 0.461. The standard InChI is InChI=1S/C25H36N2O3S/c1-3-4-20-30-24-13-15-25(16-14-24)31(28,29)27(21-23-11-6-5-7-12-23)19-18-26-17-9-8-10-22(26)2/h5-7,11-16,22H,3-4,8-10,17-21H2,1-2H3. The summed E-state index contributed by atoms with van der Waals surface area (Å²) >= 11 is 0. The van der Waals surface area contributed by atoms with E-state index in [1.54, 1.807) is 28.6 Å². The molecule has 0 aromatic heterocycles. The maximum Gasteiger partial charge on any atom is 0.243 e. The zero-order valence-electron chi connectivity index (χ0n) is 18.9. The van der Waals surface area contributed by atoms with Crippen LogP contribution in [0.5, 0.6) is 5.75 Å². The van der Waals surface area contributed by atoms with E-state index < -0.39 is 10.0 Å². The first-order chi connectivity index (χ1) is 15.0. The summed E-state index contributed by atoms with van der Waals surface area (Å²) in [6.07, 6.45) is 5.69. The first kappa shape index (κ1) is 23.8. The number of benzene rings is 2. The Kier molecular flexibility index (Phi) is 8.93. The van der Waals surface area contributed by atoms with Gasteiger partial charge >= 0.3 is 0 Å². The SMILES string of the molecule is CCCCOc1ccc(S(=O)(=O)N(CCN2CCCCC2C)Cc2ccccc2)cc1. The largest absolute Gasteiger partial charge is 0.494 e. The number of sulfonamides is 1. The molecule has 0 N–H and O–H groups in total. The maximum atomic E-state index is 13.5. The molecule has 1 atom stereocenters. The third kappa shape index (κ3) is 6.79. The first-order valence-electron chi connectivity index (χ1n) is 11.5. The highest BCUT2D eigenvalue weighted by Crippen LogP contribution is 2.23. The van der Waals surface area contributed by atoms with Crippen molar-refractivity contribution in [3.05, 3.63) is 60.2 Å². The fourth-order valence-corrected chi connectivity index (χ4v) is 5.41. The molecule has 0 bridgehead atoms. The Morgan fingerprint density at radius 2 is 1.81 bits per heavy atom. The number of rotatable bonds is 11. The van der Waals surface area contributed by atoms with E-state index in [1.807, 2.05) is 30.3 Å². The Balaban J connectivity index is 1.75. The third-order valence-corrected chi connectivity index (χ3v) is 7.87. The monoisotopic (exact) mass is 444 g/mol. The Bertz CT molecular complexity index is 885. The minimum Gasteiger partial charge on any atom is -0.494 e. The Labute approximate surface area is 188 Å². The van der Waals surface area contributed by atoms with Crippen LogP contribution in [0.1, 0.15) is 51.5 Å². The summed E-state index contributed by atoms with van der Waals surface area (Å²) in [5, 5.41) is 0. The molecule has 31 heavy (non-hydrogen) atoms. The van der Waals surface area contributed by atoms with Gasteiger partial charge in [-0.3, -0.25) is 4.90 Å². The van der Waals surface area contributed by atoms with Crippen molar-refractivity contribution in [2.24, 2.45) is 0 Å². The summed E-state index contributed by atoms with van der Waals surface area (Å²) in [6, 6.07) is 17.2. The Hall–Kier alpha value is -1.89. The van der Waals surface area contributed by atoms with Gasteiger partial charge in [0, 0.05) is 25.7 Å². The summed E-state index contributed by atoms with van der Waals surface area (Å²) in [6.45, 7) is 7.67. The van der Waals surface area contributed by atoms with Gasteiger partial charge in [0.15, 0.2) is 0 Å². The molecule has 6 heteroatoms. The summed E-state index contributed by atoms with van der Waals surface area (Å²) in [5.74, 6) is 0.712. The molecule has 5 nitrogen and oxygen atoms in total. The fourth-order valence-electron chi connectivity index (χ4n) is 3.99. The molecular formula is C25H36N2O3S. The number of nitrogens with zero attached hydrogens (tertiary/aromatic N) is 2. The highest BCUT2D eigenvalue weighted by atomic mass is 32.2. The van der Waals surface area contributed by atoms with E-state index in [-0.39, 0.29) is 0 Å². The topological polar surface area (TPSA) is 49.9 Å². The molecule has 2 aromatic carbocycles. The Morgan fingerprint density at radius 1 is 1.06 bits per heavy atom. The molecular weight excluding hydrogens is 408 g/mol. The van der Waals surface area contributed by atoms with Gasteiger partial charge in [-0.15, -0.1) is 0 Å². The number of unbranched alkanes of at least 4 members (excludes halogenated alkanes) is 1. The van der Waals surface area contributed by atoms with Crippen molar-refractivity contribution in [3.63, 3.8) is 0 Å². The van der Waals surface area contributed by atoms with E-state index in [9.17, 15) is 8.42 Å². The molecule has 1 aliphatic rings. The molecule has 3 rings (SSSR count). The lowest BCUT2D eigenvalue weighted by atomic mass is 10.0. The second-order valence-electron chi connectivity index (χ2n) is 8.38. The minimum atomic E-state index is -3.61. The molecule has 1 fully saturated rings. The van der Waals surface area contributed by atoms with Crippen LogP contribution in [0.2, 0.25) is 0 Å². The smallest absolute Gasteiger partial charge is 0.243 e. The zero-order chi connectivity index (χ0) is 22.1. The predicted molar refractivity (Wildman–Crippen MR) is 126 cm³/mol. The number of likely N-dealkylation sites (tertiary alicyclic amines) is 1. The van der Waals surface area contributed by atoms with Crippen molar-refractivity contribution in [1.29, 1.82) is 0 Å². The molecule has 1 unspecified atom stereocenters. The van der Waals surface area contributed by atoms with Crippen LogP contribution >= 0.6 is 0 Å². The molecule has 0 aliphatic carbocycles. The lowest BCUT2D eigenvalue weighted by Crippen LogP contribution is -2.43. The molecule has 0 amide bonds. The number of ether oxygens (including phenoxy) is 1. The van der Waals surface area contributed by atoms with Crippen LogP contribution in [0, 0.1) is 0 Å². The summed E-state index contributed by atoms with van der Waals surface area (Å²) < 4.78 is 34.4. The molecule has 0 radical (unpaired) electrons. The van der Waals surface area contributed by atoms with Gasteiger partial charge in [0.2, 0.25) is 10.0 Å². The molecule has 170 valence electrons. The second-order valence-corrected chi connectivity index (χ2v) is 10.3. The van der Waals surface area contributed by atoms with Gasteiger partial charge in [-0.1, -0.05) is 50.1 Å². The molecule has 2 aromatic rings. The van der Waals surface area contributed by atoms with E-state index in [0.29, 0.717) is 36.4 Å². The van der Waals surface area contributed by atoms with Gasteiger partial charge in [0.25, 0.3) is 0 Å². The van der Waals surface area contributed by atoms with Crippen molar-refractivity contribution in [2.75, 3.05) is 26.2 Å². The van der Waals surface area contributed by atoms with E-state index >= 15 is 0 Å². The summed E-state index contributed by atoms with van der Waals surface area (Å²) in [7, 11) is -3.61. The van der Waals surface area contributed by atoms with Gasteiger partial charge in [-0.25, -0.2) is 8.42 Å². The van der Waals surface area contributed by atoms with Crippen molar-refractivity contribution in [1.82, 2.24) is 9.21 Å².